The topological polar surface area (TPSA) is 67.1 Å². The molecule has 0 unspecified atom stereocenters. The van der Waals surface area contributed by atoms with Gasteiger partial charge in [0.1, 0.15) is 0 Å². The van der Waals surface area contributed by atoms with E-state index in [2.05, 4.69) is 33.9 Å². The summed E-state index contributed by atoms with van der Waals surface area (Å²) in [7, 11) is 2.10. The summed E-state index contributed by atoms with van der Waals surface area (Å²) in [6, 6.07) is 0.363. The predicted octanol–water partition coefficient (Wildman–Crippen LogP) is 1.04. The molecule has 6 nitrogen and oxygen atoms in total. The maximum atomic E-state index is 8.97. The number of nitrogens with zero attached hydrogens (tertiary/aromatic N) is 5. The van der Waals surface area contributed by atoms with E-state index in [1.165, 1.54) is 5.56 Å². The van der Waals surface area contributed by atoms with Crippen molar-refractivity contribution in [2.75, 3.05) is 13.7 Å². The van der Waals surface area contributed by atoms with Gasteiger partial charge in [-0.3, -0.25) is 19.5 Å². The minimum absolute atomic E-state index is 0.111. The normalized spacial score (nSPS) is 12.8. The van der Waals surface area contributed by atoms with Crippen LogP contribution in [0.4, 0.5) is 0 Å². The van der Waals surface area contributed by atoms with Crippen LogP contribution < -0.4 is 0 Å². The molecule has 0 amide bonds. The van der Waals surface area contributed by atoms with Crippen molar-refractivity contribution in [1.82, 2.24) is 24.6 Å². The highest BCUT2D eigenvalue weighted by Crippen LogP contribution is 2.12. The van der Waals surface area contributed by atoms with Gasteiger partial charge in [-0.05, 0) is 20.9 Å². The lowest BCUT2D eigenvalue weighted by Gasteiger charge is -2.24. The van der Waals surface area contributed by atoms with Gasteiger partial charge in [-0.25, -0.2) is 0 Å². The second kappa shape index (κ2) is 7.28. The lowest BCUT2D eigenvalue weighted by molar-refractivity contribution is 0.246. The van der Waals surface area contributed by atoms with Crippen molar-refractivity contribution in [3.8, 4) is 0 Å². The average molecular weight is 289 g/mol. The second-order valence-corrected chi connectivity index (χ2v) is 5.39. The molecule has 1 atom stereocenters. The number of rotatable bonds is 7. The summed E-state index contributed by atoms with van der Waals surface area (Å²) in [5.74, 6) is 0. The minimum atomic E-state index is 0.111. The minimum Gasteiger partial charge on any atom is -0.394 e. The Morgan fingerprint density at radius 3 is 2.86 bits per heavy atom. The van der Waals surface area contributed by atoms with Gasteiger partial charge in [0.2, 0.25) is 0 Å². The number of hydrogen-bond acceptors (Lipinski definition) is 5. The Balaban J connectivity index is 1.95. The Morgan fingerprint density at radius 2 is 2.19 bits per heavy atom. The zero-order valence-electron chi connectivity index (χ0n) is 12.9. The fraction of sp³-hybridized carbons (Fsp3) is 0.533. The van der Waals surface area contributed by atoms with E-state index in [-0.39, 0.29) is 6.61 Å². The van der Waals surface area contributed by atoms with Gasteiger partial charge in [-0.1, -0.05) is 0 Å². The number of aryl methyl sites for hydroxylation is 1. The summed E-state index contributed by atoms with van der Waals surface area (Å²) in [6.07, 6.45) is 8.11. The Bertz CT molecular complexity index is 554. The van der Waals surface area contributed by atoms with E-state index in [9.17, 15) is 0 Å². The Kier molecular flexibility index (Phi) is 5.41. The number of aliphatic hydroxyl groups excluding tert-OH is 1. The third-order valence-corrected chi connectivity index (χ3v) is 3.67. The number of likely N-dealkylation sites (N-methyl/N-ethyl adjacent to an activating group) is 1. The van der Waals surface area contributed by atoms with E-state index < -0.39 is 0 Å². The Morgan fingerprint density at radius 1 is 1.38 bits per heavy atom. The van der Waals surface area contributed by atoms with E-state index in [0.29, 0.717) is 12.6 Å². The zero-order valence-corrected chi connectivity index (χ0v) is 12.9. The van der Waals surface area contributed by atoms with E-state index >= 15 is 0 Å². The highest BCUT2D eigenvalue weighted by molar-refractivity contribution is 5.15. The van der Waals surface area contributed by atoms with Gasteiger partial charge in [-0.2, -0.15) is 5.10 Å². The van der Waals surface area contributed by atoms with Crippen LogP contribution in [-0.4, -0.2) is 49.5 Å². The first-order chi connectivity index (χ1) is 10.1. The summed E-state index contributed by atoms with van der Waals surface area (Å²) in [4.78, 5) is 10.7. The summed E-state index contributed by atoms with van der Waals surface area (Å²) < 4.78 is 1.80. The van der Waals surface area contributed by atoms with Crippen LogP contribution in [-0.2, 0) is 19.5 Å². The highest BCUT2D eigenvalue weighted by Gasteiger charge is 2.14. The van der Waals surface area contributed by atoms with E-state index in [1.54, 1.807) is 17.1 Å². The molecule has 0 aromatic carbocycles. The molecule has 0 saturated heterocycles. The van der Waals surface area contributed by atoms with Gasteiger partial charge in [-0.15, -0.1) is 0 Å². The smallest absolute Gasteiger partial charge is 0.0641 e. The first kappa shape index (κ1) is 15.6. The van der Waals surface area contributed by atoms with Crippen molar-refractivity contribution in [3.63, 3.8) is 0 Å². The maximum absolute atomic E-state index is 8.97. The number of aromatic nitrogens is 4. The molecule has 1 N–H and O–H groups in total. The molecule has 0 fully saturated rings. The molecule has 6 heteroatoms. The molecule has 0 bridgehead atoms. The van der Waals surface area contributed by atoms with Crippen molar-refractivity contribution in [2.24, 2.45) is 0 Å². The van der Waals surface area contributed by atoms with Gasteiger partial charge < -0.3 is 5.11 Å². The SMILES string of the molecule is Cc1nn(CCO)cc1CN(C)[C@@H](C)Cc1cnccn1. The van der Waals surface area contributed by atoms with Gasteiger partial charge in [0.05, 0.1) is 24.5 Å². The van der Waals surface area contributed by atoms with Crippen molar-refractivity contribution < 1.29 is 5.11 Å². The molecular weight excluding hydrogens is 266 g/mol. The van der Waals surface area contributed by atoms with Gasteiger partial charge >= 0.3 is 0 Å². The van der Waals surface area contributed by atoms with Crippen molar-refractivity contribution >= 4 is 0 Å². The maximum Gasteiger partial charge on any atom is 0.0641 e. The van der Waals surface area contributed by atoms with Crippen LogP contribution in [0.3, 0.4) is 0 Å². The van der Waals surface area contributed by atoms with Crippen molar-refractivity contribution in [2.45, 2.75) is 39.4 Å². The molecule has 0 aliphatic carbocycles. The lowest BCUT2D eigenvalue weighted by atomic mass is 10.1. The summed E-state index contributed by atoms with van der Waals surface area (Å²) in [5.41, 5.74) is 3.21. The molecule has 2 rings (SSSR count). The molecule has 2 aromatic rings. The fourth-order valence-corrected chi connectivity index (χ4v) is 2.25. The predicted molar refractivity (Wildman–Crippen MR) is 80.7 cm³/mol. The number of hydrogen-bond donors (Lipinski definition) is 1. The highest BCUT2D eigenvalue weighted by atomic mass is 16.3. The van der Waals surface area contributed by atoms with Crippen LogP contribution in [0, 0.1) is 6.92 Å². The van der Waals surface area contributed by atoms with Crippen LogP contribution in [0.15, 0.2) is 24.8 Å². The van der Waals surface area contributed by atoms with Crippen LogP contribution in [0.1, 0.15) is 23.9 Å². The summed E-state index contributed by atoms with van der Waals surface area (Å²) >= 11 is 0. The van der Waals surface area contributed by atoms with E-state index in [1.807, 2.05) is 19.3 Å². The molecular formula is C15H23N5O. The summed E-state index contributed by atoms with van der Waals surface area (Å²) in [5, 5.41) is 13.4. The van der Waals surface area contributed by atoms with Gasteiger partial charge in [0.25, 0.3) is 0 Å². The largest absolute Gasteiger partial charge is 0.394 e. The molecule has 2 heterocycles. The lowest BCUT2D eigenvalue weighted by Crippen LogP contribution is -2.30. The molecule has 21 heavy (non-hydrogen) atoms. The van der Waals surface area contributed by atoms with Crippen LogP contribution in [0.2, 0.25) is 0 Å². The molecule has 0 saturated carbocycles. The van der Waals surface area contributed by atoms with Crippen molar-refractivity contribution in [3.05, 3.63) is 41.7 Å². The average Bonchev–Trinajstić information content (AvgIpc) is 2.80. The molecule has 0 spiro atoms. The quantitative estimate of drug-likeness (QED) is 0.825. The second-order valence-electron chi connectivity index (χ2n) is 5.39. The third-order valence-electron chi connectivity index (χ3n) is 3.67. The Hall–Kier alpha value is -1.79. The molecule has 0 aliphatic rings. The fourth-order valence-electron chi connectivity index (χ4n) is 2.25. The van der Waals surface area contributed by atoms with Gasteiger partial charge in [0.15, 0.2) is 0 Å². The Labute approximate surface area is 125 Å². The standard InChI is InChI=1S/C15H23N5O/c1-12(8-15-9-16-4-5-17-15)19(3)10-14-11-20(6-7-21)18-13(14)2/h4-5,9,11-12,21H,6-8,10H2,1-3H3/t12-/m0/s1. The molecule has 0 radical (unpaired) electrons. The zero-order chi connectivity index (χ0) is 15.2. The van der Waals surface area contributed by atoms with E-state index in [4.69, 9.17) is 5.11 Å². The van der Waals surface area contributed by atoms with Crippen molar-refractivity contribution in [1.29, 1.82) is 0 Å². The number of aliphatic hydroxyl groups is 1. The summed E-state index contributed by atoms with van der Waals surface area (Å²) in [6.45, 7) is 5.67. The molecule has 0 aliphatic heterocycles. The monoisotopic (exact) mass is 289 g/mol. The van der Waals surface area contributed by atoms with Crippen LogP contribution in [0.5, 0.6) is 0 Å². The third kappa shape index (κ3) is 4.34. The van der Waals surface area contributed by atoms with E-state index in [0.717, 1.165) is 24.4 Å². The van der Waals surface area contributed by atoms with Crippen LogP contribution in [0.25, 0.3) is 0 Å². The first-order valence-corrected chi connectivity index (χ1v) is 7.19. The van der Waals surface area contributed by atoms with Crippen LogP contribution >= 0.6 is 0 Å². The molecule has 2 aromatic heterocycles. The first-order valence-electron chi connectivity index (χ1n) is 7.19. The molecule has 114 valence electrons. The van der Waals surface area contributed by atoms with Gasteiger partial charge in [0, 0.05) is 49.4 Å².